The first kappa shape index (κ1) is 17.5. The Balaban J connectivity index is 1.96. The number of anilines is 1. The Morgan fingerprint density at radius 1 is 1.17 bits per heavy atom. The molecule has 0 radical (unpaired) electrons. The molecule has 0 saturated heterocycles. The van der Waals surface area contributed by atoms with Gasteiger partial charge in [-0.2, -0.15) is 5.10 Å². The van der Waals surface area contributed by atoms with E-state index in [4.69, 9.17) is 4.74 Å². The van der Waals surface area contributed by atoms with E-state index in [1.165, 1.54) is 10.5 Å². The van der Waals surface area contributed by atoms with E-state index in [1.54, 1.807) is 14.1 Å². The summed E-state index contributed by atoms with van der Waals surface area (Å²) in [6.45, 7) is 4.02. The fraction of sp³-hybridized carbons (Fsp3) is 0.263. The average molecular weight is 325 g/mol. The number of hydrazone groups is 1. The van der Waals surface area contributed by atoms with Crippen molar-refractivity contribution in [3.8, 4) is 5.75 Å². The van der Waals surface area contributed by atoms with Crippen molar-refractivity contribution in [3.05, 3.63) is 59.7 Å². The first-order valence-corrected chi connectivity index (χ1v) is 7.76. The number of nitrogens with one attached hydrogen (secondary N) is 1. The molecular formula is C19H23N3O2. The van der Waals surface area contributed by atoms with Gasteiger partial charge in [0.1, 0.15) is 5.75 Å². The normalized spacial score (nSPS) is 11.1. The summed E-state index contributed by atoms with van der Waals surface area (Å²) in [6.07, 6.45) is 0. The fourth-order valence-electron chi connectivity index (χ4n) is 1.99. The topological polar surface area (TPSA) is 53.9 Å². The van der Waals surface area contributed by atoms with E-state index in [9.17, 15) is 4.79 Å². The monoisotopic (exact) mass is 325 g/mol. The molecule has 5 heteroatoms. The summed E-state index contributed by atoms with van der Waals surface area (Å²) < 4.78 is 5.46. The van der Waals surface area contributed by atoms with Crippen LogP contribution < -0.4 is 10.2 Å². The van der Waals surface area contributed by atoms with E-state index in [1.807, 2.05) is 62.4 Å². The number of carbonyl (C=O) groups excluding carboxylic acids is 1. The molecule has 2 rings (SSSR count). The predicted octanol–water partition coefficient (Wildman–Crippen LogP) is 3.30. The maximum Gasteiger partial charge on any atom is 0.259 e. The zero-order chi connectivity index (χ0) is 17.5. The minimum Gasteiger partial charge on any atom is -0.484 e. The SMILES string of the molecule is C/C(=N/Nc1cccc(C)c1)c1ccc(OCC(=O)N(C)C)cc1. The largest absolute Gasteiger partial charge is 0.484 e. The highest BCUT2D eigenvalue weighted by Crippen LogP contribution is 2.14. The second kappa shape index (κ2) is 8.15. The lowest BCUT2D eigenvalue weighted by Crippen LogP contribution is -2.27. The van der Waals surface area contributed by atoms with Crippen molar-refractivity contribution in [2.75, 3.05) is 26.1 Å². The summed E-state index contributed by atoms with van der Waals surface area (Å²) in [7, 11) is 3.41. The molecule has 24 heavy (non-hydrogen) atoms. The Kier molecular flexibility index (Phi) is 5.95. The molecule has 0 unspecified atom stereocenters. The van der Waals surface area contributed by atoms with Crippen molar-refractivity contribution in [2.45, 2.75) is 13.8 Å². The summed E-state index contributed by atoms with van der Waals surface area (Å²) in [5.74, 6) is 0.590. The zero-order valence-corrected chi connectivity index (χ0v) is 14.5. The zero-order valence-electron chi connectivity index (χ0n) is 14.5. The molecule has 5 nitrogen and oxygen atoms in total. The molecule has 0 saturated carbocycles. The summed E-state index contributed by atoms with van der Waals surface area (Å²) >= 11 is 0. The number of likely N-dealkylation sites (N-methyl/N-ethyl adjacent to an activating group) is 1. The molecule has 0 fully saturated rings. The van der Waals surface area contributed by atoms with Crippen LogP contribution in [-0.2, 0) is 4.79 Å². The lowest BCUT2D eigenvalue weighted by atomic mass is 10.1. The van der Waals surface area contributed by atoms with Gasteiger partial charge < -0.3 is 9.64 Å². The van der Waals surface area contributed by atoms with Crippen LogP contribution in [0.25, 0.3) is 0 Å². The van der Waals surface area contributed by atoms with E-state index in [-0.39, 0.29) is 12.5 Å². The summed E-state index contributed by atoms with van der Waals surface area (Å²) in [6, 6.07) is 15.6. The molecule has 0 aliphatic heterocycles. The maximum absolute atomic E-state index is 11.5. The van der Waals surface area contributed by atoms with Crippen molar-refractivity contribution in [1.29, 1.82) is 0 Å². The van der Waals surface area contributed by atoms with Crippen molar-refractivity contribution in [1.82, 2.24) is 4.90 Å². The summed E-state index contributed by atoms with van der Waals surface area (Å²) in [5, 5.41) is 4.40. The minimum atomic E-state index is -0.0702. The third kappa shape index (κ3) is 5.12. The third-order valence-corrected chi connectivity index (χ3v) is 3.50. The van der Waals surface area contributed by atoms with Gasteiger partial charge in [-0.3, -0.25) is 10.2 Å². The third-order valence-electron chi connectivity index (χ3n) is 3.50. The van der Waals surface area contributed by atoms with Crippen LogP contribution in [0.4, 0.5) is 5.69 Å². The van der Waals surface area contributed by atoms with Crippen LogP contribution in [0.2, 0.25) is 0 Å². The van der Waals surface area contributed by atoms with Gasteiger partial charge in [-0.15, -0.1) is 0 Å². The molecule has 0 heterocycles. The first-order valence-electron chi connectivity index (χ1n) is 7.76. The Hall–Kier alpha value is -2.82. The number of benzene rings is 2. The maximum atomic E-state index is 11.5. The average Bonchev–Trinajstić information content (AvgIpc) is 2.58. The fourth-order valence-corrected chi connectivity index (χ4v) is 1.99. The Morgan fingerprint density at radius 3 is 2.50 bits per heavy atom. The van der Waals surface area contributed by atoms with E-state index in [2.05, 4.69) is 10.5 Å². The lowest BCUT2D eigenvalue weighted by molar-refractivity contribution is -0.130. The van der Waals surface area contributed by atoms with Gasteiger partial charge >= 0.3 is 0 Å². The molecule has 0 aromatic heterocycles. The Morgan fingerprint density at radius 2 is 1.88 bits per heavy atom. The number of nitrogens with zero attached hydrogens (tertiary/aromatic N) is 2. The highest BCUT2D eigenvalue weighted by atomic mass is 16.5. The van der Waals surface area contributed by atoms with Crippen LogP contribution in [0.5, 0.6) is 5.75 Å². The highest BCUT2D eigenvalue weighted by Gasteiger charge is 2.05. The van der Waals surface area contributed by atoms with Gasteiger partial charge in [0.15, 0.2) is 6.61 Å². The van der Waals surface area contributed by atoms with Crippen LogP contribution in [0.3, 0.4) is 0 Å². The summed E-state index contributed by atoms with van der Waals surface area (Å²) in [4.78, 5) is 13.0. The smallest absolute Gasteiger partial charge is 0.259 e. The molecule has 1 amide bonds. The molecular weight excluding hydrogens is 302 g/mol. The molecule has 0 spiro atoms. The molecule has 1 N–H and O–H groups in total. The van der Waals surface area contributed by atoms with Gasteiger partial charge in [-0.05, 0) is 61.4 Å². The molecule has 0 atom stereocenters. The Labute approximate surface area is 142 Å². The number of aryl methyl sites for hydroxylation is 1. The van der Waals surface area contributed by atoms with E-state index < -0.39 is 0 Å². The molecule has 0 aliphatic carbocycles. The van der Waals surface area contributed by atoms with Crippen molar-refractivity contribution in [3.63, 3.8) is 0 Å². The van der Waals surface area contributed by atoms with Crippen molar-refractivity contribution >= 4 is 17.3 Å². The standard InChI is InChI=1S/C19H23N3O2/c1-14-6-5-7-17(12-14)21-20-15(2)16-8-10-18(11-9-16)24-13-19(23)22(3)4/h5-12,21H,13H2,1-4H3/b20-15-. The molecule has 0 bridgehead atoms. The van der Waals surface area contributed by atoms with Crippen LogP contribution >= 0.6 is 0 Å². The minimum absolute atomic E-state index is 0.0360. The van der Waals surface area contributed by atoms with Crippen LogP contribution in [0, 0.1) is 6.92 Å². The second-order valence-electron chi connectivity index (χ2n) is 5.78. The van der Waals surface area contributed by atoms with E-state index in [0.717, 1.165) is 17.0 Å². The first-order chi connectivity index (χ1) is 11.5. The van der Waals surface area contributed by atoms with Crippen LogP contribution in [0.1, 0.15) is 18.1 Å². The lowest BCUT2D eigenvalue weighted by Gasteiger charge is -2.11. The van der Waals surface area contributed by atoms with Gasteiger partial charge in [-0.25, -0.2) is 0 Å². The quantitative estimate of drug-likeness (QED) is 0.655. The number of hydrogen-bond acceptors (Lipinski definition) is 4. The number of rotatable bonds is 6. The van der Waals surface area contributed by atoms with Crippen LogP contribution in [-0.4, -0.2) is 37.2 Å². The molecule has 126 valence electrons. The second-order valence-corrected chi connectivity index (χ2v) is 5.78. The molecule has 0 aliphatic rings. The molecule has 2 aromatic rings. The van der Waals surface area contributed by atoms with Gasteiger partial charge in [-0.1, -0.05) is 12.1 Å². The van der Waals surface area contributed by atoms with E-state index in [0.29, 0.717) is 5.75 Å². The van der Waals surface area contributed by atoms with Crippen LogP contribution in [0.15, 0.2) is 53.6 Å². The molecule has 2 aromatic carbocycles. The van der Waals surface area contributed by atoms with Gasteiger partial charge in [0.2, 0.25) is 0 Å². The van der Waals surface area contributed by atoms with Crippen molar-refractivity contribution in [2.24, 2.45) is 5.10 Å². The van der Waals surface area contributed by atoms with Gasteiger partial charge in [0.05, 0.1) is 11.4 Å². The summed E-state index contributed by atoms with van der Waals surface area (Å²) in [5.41, 5.74) is 7.05. The number of carbonyl (C=O) groups is 1. The van der Waals surface area contributed by atoms with Gasteiger partial charge in [0.25, 0.3) is 5.91 Å². The van der Waals surface area contributed by atoms with E-state index >= 15 is 0 Å². The number of hydrogen-bond donors (Lipinski definition) is 1. The van der Waals surface area contributed by atoms with Crippen molar-refractivity contribution < 1.29 is 9.53 Å². The predicted molar refractivity (Wildman–Crippen MR) is 97.6 cm³/mol. The van der Waals surface area contributed by atoms with Gasteiger partial charge in [0, 0.05) is 14.1 Å². The Bertz CT molecular complexity index is 722. The number of ether oxygens (including phenoxy) is 1. The number of amides is 1. The highest BCUT2D eigenvalue weighted by molar-refractivity contribution is 5.99.